The van der Waals surface area contributed by atoms with Gasteiger partial charge in [0.15, 0.2) is 11.4 Å². The van der Waals surface area contributed by atoms with Gasteiger partial charge in [-0.15, -0.1) is 0 Å². The fraction of sp³-hybridized carbons (Fsp3) is 0.379. The topological polar surface area (TPSA) is 121 Å². The van der Waals surface area contributed by atoms with Gasteiger partial charge in [-0.25, -0.2) is 4.98 Å². The van der Waals surface area contributed by atoms with Crippen molar-refractivity contribution in [1.82, 2.24) is 34.9 Å². The molecule has 0 saturated carbocycles. The van der Waals surface area contributed by atoms with Gasteiger partial charge in [0.2, 0.25) is 17.5 Å². The number of hydrogen-bond donors (Lipinski definition) is 2. The first-order valence-corrected chi connectivity index (χ1v) is 14.1. The molecule has 1 aromatic carbocycles. The molecule has 12 heteroatoms. The molecule has 6 heterocycles. The Hall–Kier alpha value is -4.26. The van der Waals surface area contributed by atoms with E-state index in [2.05, 4.69) is 42.2 Å². The lowest BCUT2D eigenvalue weighted by molar-refractivity contribution is 0.122. The van der Waals surface area contributed by atoms with Crippen LogP contribution in [0.5, 0.6) is 5.88 Å². The summed E-state index contributed by atoms with van der Waals surface area (Å²) < 4.78 is 17.9. The van der Waals surface area contributed by atoms with E-state index in [1.807, 2.05) is 48.5 Å². The number of rotatable bonds is 8. The van der Waals surface area contributed by atoms with Gasteiger partial charge in [-0.2, -0.15) is 15.1 Å². The minimum Gasteiger partial charge on any atom is -0.476 e. The second kappa shape index (κ2) is 11.3. The molecule has 41 heavy (non-hydrogen) atoms. The van der Waals surface area contributed by atoms with E-state index in [4.69, 9.17) is 23.9 Å². The highest BCUT2D eigenvalue weighted by Gasteiger charge is 2.23. The molecule has 0 spiro atoms. The Morgan fingerprint density at radius 3 is 2.61 bits per heavy atom. The highest BCUT2D eigenvalue weighted by atomic mass is 16.5. The second-order valence-electron chi connectivity index (χ2n) is 10.4. The maximum atomic E-state index is 6.29. The molecule has 0 amide bonds. The number of morpholine rings is 1. The summed E-state index contributed by atoms with van der Waals surface area (Å²) in [5.74, 6) is 2.38. The Balaban J connectivity index is 1.16. The minimum atomic E-state index is 0.442. The molecule has 0 unspecified atom stereocenters. The van der Waals surface area contributed by atoms with Gasteiger partial charge in [-0.3, -0.25) is 10.00 Å². The number of pyridine rings is 1. The Labute approximate surface area is 237 Å². The molecule has 2 aliphatic rings. The zero-order valence-electron chi connectivity index (χ0n) is 23.0. The molecule has 0 aliphatic carbocycles. The molecule has 2 aliphatic heterocycles. The van der Waals surface area contributed by atoms with Crippen LogP contribution in [-0.4, -0.2) is 108 Å². The van der Waals surface area contributed by atoms with Crippen LogP contribution in [-0.2, 0) is 4.74 Å². The number of furan rings is 1. The van der Waals surface area contributed by atoms with E-state index in [9.17, 15) is 0 Å². The quantitative estimate of drug-likeness (QED) is 0.293. The summed E-state index contributed by atoms with van der Waals surface area (Å²) >= 11 is 0. The molecule has 0 bridgehead atoms. The van der Waals surface area contributed by atoms with Gasteiger partial charge in [0.25, 0.3) is 0 Å². The predicted molar refractivity (Wildman–Crippen MR) is 157 cm³/mol. The van der Waals surface area contributed by atoms with E-state index in [-0.39, 0.29) is 0 Å². The van der Waals surface area contributed by atoms with Gasteiger partial charge in [-0.1, -0.05) is 30.3 Å². The molecule has 0 atom stereocenters. The molecule has 5 aromatic rings. The number of hydrogen-bond acceptors (Lipinski definition) is 11. The van der Waals surface area contributed by atoms with Crippen LogP contribution in [0.15, 0.2) is 52.9 Å². The zero-order valence-corrected chi connectivity index (χ0v) is 23.0. The molecule has 12 nitrogen and oxygen atoms in total. The maximum Gasteiger partial charge on any atom is 0.232 e. The van der Waals surface area contributed by atoms with Crippen LogP contribution in [0.4, 0.5) is 17.6 Å². The number of nitrogens with zero attached hydrogens (tertiary/aromatic N) is 7. The number of aromatic amines is 1. The van der Waals surface area contributed by atoms with Crippen molar-refractivity contribution in [3.8, 4) is 17.1 Å². The average molecular weight is 556 g/mol. The van der Waals surface area contributed by atoms with Gasteiger partial charge >= 0.3 is 0 Å². The lowest BCUT2D eigenvalue weighted by Gasteiger charge is -2.32. The molecule has 4 aromatic heterocycles. The molecular formula is C29H33N9O3. The van der Waals surface area contributed by atoms with Gasteiger partial charge in [0, 0.05) is 63.5 Å². The van der Waals surface area contributed by atoms with Gasteiger partial charge in [0.05, 0.1) is 24.3 Å². The van der Waals surface area contributed by atoms with Crippen LogP contribution in [0, 0.1) is 0 Å². The monoisotopic (exact) mass is 555 g/mol. The smallest absolute Gasteiger partial charge is 0.232 e. The summed E-state index contributed by atoms with van der Waals surface area (Å²) in [7, 11) is 2.16. The third-order valence-corrected chi connectivity index (χ3v) is 7.59. The zero-order chi connectivity index (χ0) is 27.6. The largest absolute Gasteiger partial charge is 0.476 e. The number of nitrogens with one attached hydrogen (secondary N) is 2. The Bertz CT molecular complexity index is 1620. The summed E-state index contributed by atoms with van der Waals surface area (Å²) in [5.41, 5.74) is 3.63. The number of ether oxygens (including phenoxy) is 2. The molecule has 7 rings (SSSR count). The molecule has 0 radical (unpaired) electrons. The predicted octanol–water partition coefficient (Wildman–Crippen LogP) is 3.37. The van der Waals surface area contributed by atoms with Gasteiger partial charge in [0.1, 0.15) is 17.9 Å². The number of benzene rings is 1. The summed E-state index contributed by atoms with van der Waals surface area (Å²) in [6.07, 6.45) is 0. The van der Waals surface area contributed by atoms with Gasteiger partial charge < -0.3 is 29.0 Å². The van der Waals surface area contributed by atoms with Crippen LogP contribution < -0.4 is 15.0 Å². The fourth-order valence-electron chi connectivity index (χ4n) is 5.23. The van der Waals surface area contributed by atoms with E-state index in [1.54, 1.807) is 0 Å². The number of H-pyrrole nitrogens is 1. The normalized spacial score (nSPS) is 17.0. The molecule has 212 valence electrons. The highest BCUT2D eigenvalue weighted by Crippen LogP contribution is 2.35. The molecular weight excluding hydrogens is 522 g/mol. The fourth-order valence-corrected chi connectivity index (χ4v) is 5.23. The SMILES string of the molecule is CN1CCN(CCOc2ccc3c(n2)oc2c(N4CCOCC4)nc(Nc4cc(-c5ccccc5)n[nH]4)nc23)CC1. The third kappa shape index (κ3) is 5.53. The van der Waals surface area contributed by atoms with Crippen LogP contribution in [0.3, 0.4) is 0 Å². The number of piperazine rings is 1. The van der Waals surface area contributed by atoms with Crippen LogP contribution >= 0.6 is 0 Å². The van der Waals surface area contributed by atoms with E-state index in [0.717, 1.165) is 49.4 Å². The van der Waals surface area contributed by atoms with Crippen molar-refractivity contribution in [2.24, 2.45) is 0 Å². The Kier molecular flexibility index (Phi) is 7.09. The summed E-state index contributed by atoms with van der Waals surface area (Å²) in [6, 6.07) is 15.8. The highest BCUT2D eigenvalue weighted by molar-refractivity contribution is 6.05. The van der Waals surface area contributed by atoms with Crippen LogP contribution in [0.1, 0.15) is 0 Å². The average Bonchev–Trinajstić information content (AvgIpc) is 3.63. The molecule has 2 saturated heterocycles. The van der Waals surface area contributed by atoms with Gasteiger partial charge in [-0.05, 0) is 13.1 Å². The molecule has 2 fully saturated rings. The van der Waals surface area contributed by atoms with Crippen molar-refractivity contribution in [2.75, 3.05) is 82.9 Å². The number of likely N-dealkylation sites (N-methyl/N-ethyl adjacent to an activating group) is 1. The minimum absolute atomic E-state index is 0.442. The third-order valence-electron chi connectivity index (χ3n) is 7.59. The van der Waals surface area contributed by atoms with Crippen molar-refractivity contribution in [1.29, 1.82) is 0 Å². The Morgan fingerprint density at radius 1 is 0.951 bits per heavy atom. The first kappa shape index (κ1) is 25.7. The van der Waals surface area contributed by atoms with Crippen molar-refractivity contribution < 1.29 is 13.9 Å². The standard InChI is InChI=1S/C29H33N9O3/c1-36-9-11-37(12-10-36)13-18-40-24-8-7-21-25-26(41-28(21)31-24)27(38-14-16-39-17-15-38)33-29(32-25)30-23-19-22(34-35-23)20-5-3-2-4-6-20/h2-8,19H,9-18H2,1H3,(H2,30,32,33,34,35). The van der Waals surface area contributed by atoms with Crippen molar-refractivity contribution in [3.63, 3.8) is 0 Å². The van der Waals surface area contributed by atoms with Crippen molar-refractivity contribution in [2.45, 2.75) is 0 Å². The summed E-state index contributed by atoms with van der Waals surface area (Å²) in [5, 5.41) is 11.6. The number of anilines is 3. The number of aromatic nitrogens is 5. The maximum absolute atomic E-state index is 6.29. The van der Waals surface area contributed by atoms with Crippen LogP contribution in [0.25, 0.3) is 33.5 Å². The first-order valence-electron chi connectivity index (χ1n) is 14.1. The van der Waals surface area contributed by atoms with E-state index in [0.29, 0.717) is 73.2 Å². The lowest BCUT2D eigenvalue weighted by atomic mass is 10.2. The van der Waals surface area contributed by atoms with Crippen molar-refractivity contribution in [3.05, 3.63) is 48.5 Å². The summed E-state index contributed by atoms with van der Waals surface area (Å²) in [4.78, 5) is 21.3. The second-order valence-corrected chi connectivity index (χ2v) is 10.4. The molecule has 2 N–H and O–H groups in total. The van der Waals surface area contributed by atoms with E-state index < -0.39 is 0 Å². The van der Waals surface area contributed by atoms with E-state index in [1.165, 1.54) is 0 Å². The Morgan fingerprint density at radius 2 is 1.78 bits per heavy atom. The van der Waals surface area contributed by atoms with Crippen LogP contribution in [0.2, 0.25) is 0 Å². The summed E-state index contributed by atoms with van der Waals surface area (Å²) in [6.45, 7) is 8.39. The number of fused-ring (bicyclic) bond motifs is 3. The first-order chi connectivity index (χ1) is 20.2. The lowest BCUT2D eigenvalue weighted by Crippen LogP contribution is -2.45. The van der Waals surface area contributed by atoms with E-state index >= 15 is 0 Å². The van der Waals surface area contributed by atoms with Crippen molar-refractivity contribution >= 4 is 39.8 Å².